The van der Waals surface area contributed by atoms with Crippen LogP contribution in [0.5, 0.6) is 0 Å². The molecule has 0 aliphatic carbocycles. The maximum absolute atomic E-state index is 11.9. The zero-order valence-corrected chi connectivity index (χ0v) is 13.3. The number of hydrogen-bond donors (Lipinski definition) is 3. The predicted octanol–water partition coefficient (Wildman–Crippen LogP) is 1.08. The lowest BCUT2D eigenvalue weighted by Crippen LogP contribution is -2.36. The normalized spacial score (nSPS) is 11.2. The number of benzene rings is 1. The molecular weight excluding hydrogens is 294 g/mol. The van der Waals surface area contributed by atoms with Gasteiger partial charge in [0.05, 0.1) is 0 Å². The van der Waals surface area contributed by atoms with E-state index in [4.69, 9.17) is 10.5 Å². The number of anilines is 1. The second-order valence-electron chi connectivity index (χ2n) is 4.34. The number of hydrogen-bond acceptors (Lipinski definition) is 4. The predicted molar refractivity (Wildman–Crippen MR) is 84.9 cm³/mol. The Morgan fingerprint density at radius 3 is 2.57 bits per heavy atom. The largest absolute Gasteiger partial charge is 0.370 e. The molecule has 0 aliphatic rings. The minimum absolute atomic E-state index is 0. The molecule has 0 fully saturated rings. The van der Waals surface area contributed by atoms with Crippen molar-refractivity contribution in [3.8, 4) is 0 Å². The highest BCUT2D eigenvalue weighted by Crippen LogP contribution is 2.17. The summed E-state index contributed by atoms with van der Waals surface area (Å²) in [6.45, 7) is 4.34. The molecule has 1 aromatic carbocycles. The minimum atomic E-state index is -0.706. The second-order valence-corrected chi connectivity index (χ2v) is 4.34. The smallest absolute Gasteiger partial charge is 0.254 e. The standard InChI is InChI=1S/C14H21N3O3.ClH/c1-4-16-13(18)10-6-5-9(2)11(7-10)17-14(19)12(8-15)20-3;/h5-7,12H,4,8,15H2,1-3H3,(H,16,18)(H,17,19);1H. The van der Waals surface area contributed by atoms with E-state index in [0.29, 0.717) is 17.8 Å². The summed E-state index contributed by atoms with van der Waals surface area (Å²) in [6.07, 6.45) is -0.706. The van der Waals surface area contributed by atoms with Crippen LogP contribution < -0.4 is 16.4 Å². The van der Waals surface area contributed by atoms with E-state index in [1.54, 1.807) is 18.2 Å². The van der Waals surface area contributed by atoms with Crippen molar-refractivity contribution < 1.29 is 14.3 Å². The number of nitrogens with two attached hydrogens (primary N) is 1. The van der Waals surface area contributed by atoms with E-state index in [0.717, 1.165) is 5.56 Å². The summed E-state index contributed by atoms with van der Waals surface area (Å²) in [4.78, 5) is 23.7. The summed E-state index contributed by atoms with van der Waals surface area (Å²) in [6, 6.07) is 5.14. The highest BCUT2D eigenvalue weighted by atomic mass is 35.5. The average molecular weight is 316 g/mol. The Hall–Kier alpha value is -1.63. The first-order valence-corrected chi connectivity index (χ1v) is 6.46. The first kappa shape index (κ1) is 19.4. The van der Waals surface area contributed by atoms with Gasteiger partial charge in [-0.2, -0.15) is 0 Å². The SMILES string of the molecule is CCNC(=O)c1ccc(C)c(NC(=O)C(CN)OC)c1.Cl. The van der Waals surface area contributed by atoms with E-state index < -0.39 is 6.10 Å². The average Bonchev–Trinajstić information content (AvgIpc) is 2.42. The molecule has 0 saturated carbocycles. The Balaban J connectivity index is 0.00000400. The number of amides is 2. The Kier molecular flexibility index (Phi) is 8.61. The molecule has 6 nitrogen and oxygen atoms in total. The van der Waals surface area contributed by atoms with E-state index in [1.165, 1.54) is 7.11 Å². The first-order valence-electron chi connectivity index (χ1n) is 6.46. The summed E-state index contributed by atoms with van der Waals surface area (Å²) < 4.78 is 4.97. The number of rotatable bonds is 6. The van der Waals surface area contributed by atoms with Gasteiger partial charge in [-0.25, -0.2) is 0 Å². The van der Waals surface area contributed by atoms with Crippen LogP contribution in [0.3, 0.4) is 0 Å². The van der Waals surface area contributed by atoms with Crippen molar-refractivity contribution >= 4 is 29.9 Å². The second kappa shape index (κ2) is 9.33. The molecule has 7 heteroatoms. The van der Waals surface area contributed by atoms with Gasteiger partial charge in [-0.1, -0.05) is 6.07 Å². The summed E-state index contributed by atoms with van der Waals surface area (Å²) in [5, 5.41) is 5.44. The van der Waals surface area contributed by atoms with E-state index >= 15 is 0 Å². The van der Waals surface area contributed by atoms with Crippen LogP contribution in [0.1, 0.15) is 22.8 Å². The molecule has 0 spiro atoms. The zero-order valence-electron chi connectivity index (χ0n) is 12.4. The van der Waals surface area contributed by atoms with E-state index in [2.05, 4.69) is 10.6 Å². The molecule has 0 saturated heterocycles. The van der Waals surface area contributed by atoms with Crippen LogP contribution >= 0.6 is 12.4 Å². The summed E-state index contributed by atoms with van der Waals surface area (Å²) in [5.41, 5.74) is 7.38. The number of aryl methyl sites for hydroxylation is 1. The fourth-order valence-corrected chi connectivity index (χ4v) is 1.68. The van der Waals surface area contributed by atoms with Crippen molar-refractivity contribution in [1.82, 2.24) is 5.32 Å². The molecule has 21 heavy (non-hydrogen) atoms. The van der Waals surface area contributed by atoms with Gasteiger partial charge in [-0.15, -0.1) is 12.4 Å². The van der Waals surface area contributed by atoms with Crippen molar-refractivity contribution in [2.24, 2.45) is 5.73 Å². The number of carbonyl (C=O) groups excluding carboxylic acids is 2. The number of nitrogens with one attached hydrogen (secondary N) is 2. The minimum Gasteiger partial charge on any atom is -0.370 e. The Labute approximate surface area is 130 Å². The Morgan fingerprint density at radius 1 is 1.38 bits per heavy atom. The summed E-state index contributed by atoms with van der Waals surface area (Å²) in [5.74, 6) is -0.503. The van der Waals surface area contributed by atoms with Crippen LogP contribution in [-0.2, 0) is 9.53 Å². The molecule has 1 aromatic rings. The van der Waals surface area contributed by atoms with Gasteiger partial charge in [0.25, 0.3) is 11.8 Å². The molecule has 0 aromatic heterocycles. The molecule has 0 bridgehead atoms. The van der Waals surface area contributed by atoms with Crippen molar-refractivity contribution in [1.29, 1.82) is 0 Å². The van der Waals surface area contributed by atoms with Gasteiger partial charge in [0.1, 0.15) is 6.10 Å². The van der Waals surface area contributed by atoms with Crippen LogP contribution in [0.4, 0.5) is 5.69 Å². The van der Waals surface area contributed by atoms with E-state index in [1.807, 2.05) is 13.8 Å². The number of halogens is 1. The van der Waals surface area contributed by atoms with Crippen LogP contribution in [0, 0.1) is 6.92 Å². The highest BCUT2D eigenvalue weighted by Gasteiger charge is 2.17. The van der Waals surface area contributed by atoms with Gasteiger partial charge in [0.2, 0.25) is 0 Å². The monoisotopic (exact) mass is 315 g/mol. The third kappa shape index (κ3) is 5.34. The third-order valence-corrected chi connectivity index (χ3v) is 2.89. The molecule has 1 atom stereocenters. The van der Waals surface area contributed by atoms with Crippen LogP contribution in [0.15, 0.2) is 18.2 Å². The number of carbonyl (C=O) groups is 2. The van der Waals surface area contributed by atoms with Gasteiger partial charge >= 0.3 is 0 Å². The van der Waals surface area contributed by atoms with Gasteiger partial charge in [0, 0.05) is 31.5 Å². The Morgan fingerprint density at radius 2 is 2.05 bits per heavy atom. The quantitative estimate of drug-likeness (QED) is 0.732. The first-order chi connectivity index (χ1) is 9.53. The van der Waals surface area contributed by atoms with Crippen LogP contribution in [0.25, 0.3) is 0 Å². The van der Waals surface area contributed by atoms with Crippen molar-refractivity contribution in [2.45, 2.75) is 20.0 Å². The van der Waals surface area contributed by atoms with Crippen molar-refractivity contribution in [3.05, 3.63) is 29.3 Å². The molecule has 118 valence electrons. The van der Waals surface area contributed by atoms with Crippen molar-refractivity contribution in [2.75, 3.05) is 25.5 Å². The maximum Gasteiger partial charge on any atom is 0.254 e. The lowest BCUT2D eigenvalue weighted by Gasteiger charge is -2.15. The van der Waals surface area contributed by atoms with Gasteiger partial charge in [0.15, 0.2) is 0 Å². The maximum atomic E-state index is 11.9. The Bertz CT molecular complexity index is 490. The molecule has 2 amide bonds. The molecule has 1 unspecified atom stereocenters. The fraction of sp³-hybridized carbons (Fsp3) is 0.429. The molecule has 4 N–H and O–H groups in total. The molecule has 0 aliphatic heterocycles. The highest BCUT2D eigenvalue weighted by molar-refractivity contribution is 5.99. The van der Waals surface area contributed by atoms with Gasteiger partial charge in [-0.05, 0) is 31.5 Å². The summed E-state index contributed by atoms with van der Waals surface area (Å²) >= 11 is 0. The topological polar surface area (TPSA) is 93.5 Å². The fourth-order valence-electron chi connectivity index (χ4n) is 1.68. The molecule has 1 rings (SSSR count). The molecular formula is C14H22ClN3O3. The van der Waals surface area contributed by atoms with E-state index in [-0.39, 0.29) is 30.8 Å². The van der Waals surface area contributed by atoms with Gasteiger partial charge < -0.3 is 21.1 Å². The number of ether oxygens (including phenoxy) is 1. The van der Waals surface area contributed by atoms with Crippen LogP contribution in [-0.4, -0.2) is 38.1 Å². The lowest BCUT2D eigenvalue weighted by atomic mass is 10.1. The number of methoxy groups -OCH3 is 1. The van der Waals surface area contributed by atoms with E-state index in [9.17, 15) is 9.59 Å². The molecule has 0 radical (unpaired) electrons. The van der Waals surface area contributed by atoms with Gasteiger partial charge in [-0.3, -0.25) is 9.59 Å². The van der Waals surface area contributed by atoms with Crippen LogP contribution in [0.2, 0.25) is 0 Å². The zero-order chi connectivity index (χ0) is 15.1. The molecule has 0 heterocycles. The van der Waals surface area contributed by atoms with Crippen molar-refractivity contribution in [3.63, 3.8) is 0 Å². The lowest BCUT2D eigenvalue weighted by molar-refractivity contribution is -0.125. The third-order valence-electron chi connectivity index (χ3n) is 2.89. The summed E-state index contributed by atoms with van der Waals surface area (Å²) in [7, 11) is 1.43.